The quantitative estimate of drug-likeness (QED) is 0.716. The lowest BCUT2D eigenvalue weighted by Crippen LogP contribution is -2.39. The van der Waals surface area contributed by atoms with Crippen molar-refractivity contribution in [3.8, 4) is 0 Å². The number of aromatic nitrogens is 2. The summed E-state index contributed by atoms with van der Waals surface area (Å²) in [5.41, 5.74) is 5.86. The number of anilines is 1. The van der Waals surface area contributed by atoms with Crippen LogP contribution >= 0.6 is 0 Å². The van der Waals surface area contributed by atoms with E-state index in [0.29, 0.717) is 13.2 Å². The Hall–Kier alpha value is -1.07. The first-order valence-corrected chi connectivity index (χ1v) is 4.92. The second-order valence-corrected chi connectivity index (χ2v) is 3.49. The van der Waals surface area contributed by atoms with E-state index in [1.165, 1.54) is 0 Å². The Kier molecular flexibility index (Phi) is 2.69. The van der Waals surface area contributed by atoms with E-state index in [-0.39, 0.29) is 12.1 Å². The standard InChI is InChI=1S/C9H16N4O/c1-2-13-4-3-11-9(13)12-8-6-14-5-7(8)10/h3-4,7-8H,2,5-6,10H2,1H3,(H,11,12). The van der Waals surface area contributed by atoms with Crippen LogP contribution in [0.4, 0.5) is 5.95 Å². The average molecular weight is 196 g/mol. The van der Waals surface area contributed by atoms with Gasteiger partial charge in [-0.1, -0.05) is 0 Å². The lowest BCUT2D eigenvalue weighted by molar-refractivity contribution is 0.192. The predicted molar refractivity (Wildman–Crippen MR) is 54.1 cm³/mol. The number of hydrogen-bond donors (Lipinski definition) is 2. The fourth-order valence-electron chi connectivity index (χ4n) is 1.59. The lowest BCUT2D eigenvalue weighted by Gasteiger charge is -2.16. The minimum atomic E-state index is 0.0667. The molecular formula is C9H16N4O. The van der Waals surface area contributed by atoms with Gasteiger partial charge in [0.05, 0.1) is 25.3 Å². The zero-order valence-electron chi connectivity index (χ0n) is 8.31. The van der Waals surface area contributed by atoms with Crippen LogP contribution in [0.5, 0.6) is 0 Å². The number of aryl methyl sites for hydroxylation is 1. The zero-order chi connectivity index (χ0) is 9.97. The van der Waals surface area contributed by atoms with Crippen molar-refractivity contribution in [1.29, 1.82) is 0 Å². The number of nitrogens with zero attached hydrogens (tertiary/aromatic N) is 2. The van der Waals surface area contributed by atoms with Crippen LogP contribution in [0, 0.1) is 0 Å². The normalized spacial score (nSPS) is 26.7. The van der Waals surface area contributed by atoms with Gasteiger partial charge in [0, 0.05) is 18.9 Å². The van der Waals surface area contributed by atoms with Gasteiger partial charge in [-0.2, -0.15) is 0 Å². The van der Waals surface area contributed by atoms with Crippen molar-refractivity contribution in [3.63, 3.8) is 0 Å². The van der Waals surface area contributed by atoms with Gasteiger partial charge in [0.15, 0.2) is 0 Å². The Morgan fingerprint density at radius 1 is 1.71 bits per heavy atom. The third-order valence-corrected chi connectivity index (χ3v) is 2.50. The van der Waals surface area contributed by atoms with E-state index in [1.54, 1.807) is 6.20 Å². The van der Waals surface area contributed by atoms with Crippen molar-refractivity contribution in [2.75, 3.05) is 18.5 Å². The molecule has 1 aromatic rings. The van der Waals surface area contributed by atoms with Gasteiger partial charge < -0.3 is 20.4 Å². The summed E-state index contributed by atoms with van der Waals surface area (Å²) in [6.07, 6.45) is 3.73. The Balaban J connectivity index is 2.02. The summed E-state index contributed by atoms with van der Waals surface area (Å²) in [5, 5.41) is 3.29. The van der Waals surface area contributed by atoms with Crippen molar-refractivity contribution >= 4 is 5.95 Å². The van der Waals surface area contributed by atoms with E-state index in [2.05, 4.69) is 17.2 Å². The summed E-state index contributed by atoms with van der Waals surface area (Å²) in [6.45, 7) is 4.28. The highest BCUT2D eigenvalue weighted by Gasteiger charge is 2.25. The number of nitrogens with one attached hydrogen (secondary N) is 1. The number of rotatable bonds is 3. The molecule has 0 amide bonds. The number of imidazole rings is 1. The maximum absolute atomic E-state index is 5.86. The molecule has 0 aliphatic carbocycles. The topological polar surface area (TPSA) is 65.1 Å². The summed E-state index contributed by atoms with van der Waals surface area (Å²) in [4.78, 5) is 4.23. The molecular weight excluding hydrogens is 180 g/mol. The number of hydrogen-bond acceptors (Lipinski definition) is 4. The first kappa shape index (κ1) is 9.48. The lowest BCUT2D eigenvalue weighted by atomic mass is 10.2. The molecule has 2 rings (SSSR count). The average Bonchev–Trinajstić information content (AvgIpc) is 2.77. The highest BCUT2D eigenvalue weighted by molar-refractivity contribution is 5.28. The largest absolute Gasteiger partial charge is 0.378 e. The molecule has 1 aliphatic heterocycles. The van der Waals surface area contributed by atoms with Crippen LogP contribution in [0.3, 0.4) is 0 Å². The van der Waals surface area contributed by atoms with Crippen molar-refractivity contribution in [2.24, 2.45) is 5.73 Å². The monoisotopic (exact) mass is 196 g/mol. The third-order valence-electron chi connectivity index (χ3n) is 2.50. The smallest absolute Gasteiger partial charge is 0.203 e. The molecule has 14 heavy (non-hydrogen) atoms. The van der Waals surface area contributed by atoms with E-state index in [0.717, 1.165) is 12.5 Å². The molecule has 5 nitrogen and oxygen atoms in total. The number of ether oxygens (including phenoxy) is 1. The molecule has 1 fully saturated rings. The third kappa shape index (κ3) is 1.73. The first-order valence-electron chi connectivity index (χ1n) is 4.92. The highest BCUT2D eigenvalue weighted by atomic mass is 16.5. The SMILES string of the molecule is CCn1ccnc1NC1COCC1N. The molecule has 2 unspecified atom stereocenters. The van der Waals surface area contributed by atoms with Crippen LogP contribution in [0.25, 0.3) is 0 Å². The van der Waals surface area contributed by atoms with Gasteiger partial charge in [-0.15, -0.1) is 0 Å². The first-order chi connectivity index (χ1) is 6.81. The highest BCUT2D eigenvalue weighted by Crippen LogP contribution is 2.11. The molecule has 78 valence electrons. The number of nitrogens with two attached hydrogens (primary N) is 1. The Bertz CT molecular complexity index is 299. The van der Waals surface area contributed by atoms with Crippen LogP contribution in [-0.4, -0.2) is 34.8 Å². The Morgan fingerprint density at radius 2 is 2.57 bits per heavy atom. The van der Waals surface area contributed by atoms with Gasteiger partial charge in [-0.25, -0.2) is 4.98 Å². The van der Waals surface area contributed by atoms with E-state index in [4.69, 9.17) is 10.5 Å². The summed E-state index contributed by atoms with van der Waals surface area (Å²) in [5.74, 6) is 0.874. The fourth-order valence-corrected chi connectivity index (χ4v) is 1.59. The molecule has 1 saturated heterocycles. The molecule has 0 bridgehead atoms. The van der Waals surface area contributed by atoms with E-state index < -0.39 is 0 Å². The Labute approximate surface area is 83.3 Å². The van der Waals surface area contributed by atoms with Crippen molar-refractivity contribution in [1.82, 2.24) is 9.55 Å². The van der Waals surface area contributed by atoms with E-state index in [9.17, 15) is 0 Å². The van der Waals surface area contributed by atoms with Crippen molar-refractivity contribution < 1.29 is 4.74 Å². The van der Waals surface area contributed by atoms with Crippen LogP contribution in [0.2, 0.25) is 0 Å². The molecule has 0 spiro atoms. The fraction of sp³-hybridized carbons (Fsp3) is 0.667. The van der Waals surface area contributed by atoms with E-state index in [1.807, 2.05) is 10.8 Å². The second kappa shape index (κ2) is 3.98. The van der Waals surface area contributed by atoms with Crippen LogP contribution < -0.4 is 11.1 Å². The molecule has 5 heteroatoms. The predicted octanol–water partition coefficient (Wildman–Crippen LogP) is 0.0410. The maximum Gasteiger partial charge on any atom is 0.203 e. The minimum absolute atomic E-state index is 0.0667. The molecule has 1 aliphatic rings. The molecule has 1 aromatic heterocycles. The second-order valence-electron chi connectivity index (χ2n) is 3.49. The van der Waals surface area contributed by atoms with Gasteiger partial charge in [-0.05, 0) is 6.92 Å². The molecule has 0 aromatic carbocycles. The molecule has 2 heterocycles. The summed E-state index contributed by atoms with van der Waals surface area (Å²) in [6, 6.07) is 0.250. The van der Waals surface area contributed by atoms with Crippen LogP contribution in [0.1, 0.15) is 6.92 Å². The maximum atomic E-state index is 5.86. The van der Waals surface area contributed by atoms with Gasteiger partial charge in [0.1, 0.15) is 0 Å². The molecule has 0 saturated carbocycles. The van der Waals surface area contributed by atoms with Crippen molar-refractivity contribution in [2.45, 2.75) is 25.6 Å². The van der Waals surface area contributed by atoms with Gasteiger partial charge in [-0.3, -0.25) is 0 Å². The summed E-state index contributed by atoms with van der Waals surface area (Å²) < 4.78 is 7.31. The van der Waals surface area contributed by atoms with Gasteiger partial charge in [0.25, 0.3) is 0 Å². The Morgan fingerprint density at radius 3 is 3.21 bits per heavy atom. The van der Waals surface area contributed by atoms with Crippen LogP contribution in [-0.2, 0) is 11.3 Å². The zero-order valence-corrected chi connectivity index (χ0v) is 8.31. The minimum Gasteiger partial charge on any atom is -0.378 e. The molecule has 2 atom stereocenters. The van der Waals surface area contributed by atoms with Crippen molar-refractivity contribution in [3.05, 3.63) is 12.4 Å². The summed E-state index contributed by atoms with van der Waals surface area (Å²) in [7, 11) is 0. The summed E-state index contributed by atoms with van der Waals surface area (Å²) >= 11 is 0. The molecule has 0 radical (unpaired) electrons. The van der Waals surface area contributed by atoms with E-state index >= 15 is 0 Å². The van der Waals surface area contributed by atoms with Gasteiger partial charge in [0.2, 0.25) is 5.95 Å². The molecule has 3 N–H and O–H groups in total. The van der Waals surface area contributed by atoms with Gasteiger partial charge >= 0.3 is 0 Å². The van der Waals surface area contributed by atoms with Crippen LogP contribution in [0.15, 0.2) is 12.4 Å².